The Balaban J connectivity index is 3.21. The Kier molecular flexibility index (Phi) is 10.1. The first-order valence-electron chi connectivity index (χ1n) is 6.19. The quantitative estimate of drug-likeness (QED) is 0.374. The van der Waals surface area contributed by atoms with Crippen molar-refractivity contribution in [3.05, 3.63) is 11.6 Å². The van der Waals surface area contributed by atoms with Gasteiger partial charge in [0.2, 0.25) is 0 Å². The van der Waals surface area contributed by atoms with Gasteiger partial charge in [-0.1, -0.05) is 12.5 Å². The van der Waals surface area contributed by atoms with Crippen molar-refractivity contribution in [1.29, 1.82) is 0 Å². The molecular formula is C13H25NO2. The summed E-state index contributed by atoms with van der Waals surface area (Å²) in [5, 5.41) is 3.34. The minimum Gasteiger partial charge on any atom is -0.463 e. The molecule has 1 N–H and O–H groups in total. The van der Waals surface area contributed by atoms with Crippen molar-refractivity contribution in [2.75, 3.05) is 19.7 Å². The third-order valence-electron chi connectivity index (χ3n) is 2.08. The second-order valence-corrected chi connectivity index (χ2v) is 4.20. The molecule has 0 aliphatic rings. The lowest BCUT2D eigenvalue weighted by Gasteiger charge is -2.03. The number of carbonyl (C=O) groups excluding carboxylic acids is 1. The van der Waals surface area contributed by atoms with Gasteiger partial charge in [0.25, 0.3) is 0 Å². The van der Waals surface area contributed by atoms with Gasteiger partial charge in [0, 0.05) is 6.08 Å². The van der Waals surface area contributed by atoms with Crippen LogP contribution in [0.15, 0.2) is 11.6 Å². The topological polar surface area (TPSA) is 38.3 Å². The highest BCUT2D eigenvalue weighted by Crippen LogP contribution is 1.97. The van der Waals surface area contributed by atoms with Crippen LogP contribution in [0.2, 0.25) is 0 Å². The average Bonchev–Trinajstić information content (AvgIpc) is 2.21. The molecule has 0 aliphatic heterocycles. The van der Waals surface area contributed by atoms with E-state index in [0.29, 0.717) is 6.61 Å². The summed E-state index contributed by atoms with van der Waals surface area (Å²) in [7, 11) is 0. The predicted molar refractivity (Wildman–Crippen MR) is 67.4 cm³/mol. The smallest absolute Gasteiger partial charge is 0.330 e. The van der Waals surface area contributed by atoms with Crippen LogP contribution in [0.5, 0.6) is 0 Å². The first kappa shape index (κ1) is 15.2. The minimum absolute atomic E-state index is 0.218. The van der Waals surface area contributed by atoms with E-state index in [4.69, 9.17) is 4.74 Å². The van der Waals surface area contributed by atoms with Gasteiger partial charge in [-0.25, -0.2) is 4.79 Å². The van der Waals surface area contributed by atoms with Crippen LogP contribution < -0.4 is 5.32 Å². The number of ether oxygens (including phenoxy) is 1. The highest BCUT2D eigenvalue weighted by molar-refractivity contribution is 5.82. The highest BCUT2D eigenvalue weighted by Gasteiger charge is 1.97. The summed E-state index contributed by atoms with van der Waals surface area (Å²) in [6.45, 7) is 8.64. The number of hydrogen-bond donors (Lipinski definition) is 1. The molecule has 0 heterocycles. The molecule has 0 saturated carbocycles. The van der Waals surface area contributed by atoms with E-state index < -0.39 is 0 Å². The molecule has 0 aliphatic carbocycles. The Hall–Kier alpha value is -0.830. The van der Waals surface area contributed by atoms with Crippen molar-refractivity contribution >= 4 is 5.97 Å². The second kappa shape index (κ2) is 10.7. The molecule has 0 aromatic carbocycles. The summed E-state index contributed by atoms with van der Waals surface area (Å²) in [5.41, 5.74) is 0.980. The van der Waals surface area contributed by atoms with Crippen LogP contribution in [-0.2, 0) is 9.53 Å². The maximum atomic E-state index is 11.1. The SMILES string of the molecule is CCCNCCCCCOC(=O)C=C(C)C. The lowest BCUT2D eigenvalue weighted by Crippen LogP contribution is -2.15. The number of rotatable bonds is 9. The van der Waals surface area contributed by atoms with Gasteiger partial charge >= 0.3 is 5.97 Å². The maximum Gasteiger partial charge on any atom is 0.330 e. The molecule has 16 heavy (non-hydrogen) atoms. The molecule has 0 fully saturated rings. The van der Waals surface area contributed by atoms with Crippen molar-refractivity contribution in [3.63, 3.8) is 0 Å². The Labute approximate surface area is 99.3 Å². The van der Waals surface area contributed by atoms with Gasteiger partial charge in [-0.2, -0.15) is 0 Å². The number of allylic oxidation sites excluding steroid dienone is 1. The van der Waals surface area contributed by atoms with Gasteiger partial charge in [-0.3, -0.25) is 0 Å². The van der Waals surface area contributed by atoms with Crippen LogP contribution in [0, 0.1) is 0 Å². The van der Waals surface area contributed by atoms with Crippen LogP contribution in [0.3, 0.4) is 0 Å². The summed E-state index contributed by atoms with van der Waals surface area (Å²) in [5.74, 6) is -0.218. The maximum absolute atomic E-state index is 11.1. The number of unbranched alkanes of at least 4 members (excludes halogenated alkanes) is 2. The fraction of sp³-hybridized carbons (Fsp3) is 0.769. The van der Waals surface area contributed by atoms with E-state index >= 15 is 0 Å². The van der Waals surface area contributed by atoms with E-state index in [1.807, 2.05) is 13.8 Å². The van der Waals surface area contributed by atoms with E-state index in [0.717, 1.165) is 37.9 Å². The average molecular weight is 227 g/mol. The molecule has 0 radical (unpaired) electrons. The largest absolute Gasteiger partial charge is 0.463 e. The van der Waals surface area contributed by atoms with Gasteiger partial charge < -0.3 is 10.1 Å². The van der Waals surface area contributed by atoms with Crippen LogP contribution in [-0.4, -0.2) is 25.7 Å². The highest BCUT2D eigenvalue weighted by atomic mass is 16.5. The van der Waals surface area contributed by atoms with Gasteiger partial charge in [-0.05, 0) is 52.6 Å². The molecule has 0 amide bonds. The van der Waals surface area contributed by atoms with Crippen molar-refractivity contribution in [1.82, 2.24) is 5.32 Å². The van der Waals surface area contributed by atoms with Crippen molar-refractivity contribution < 1.29 is 9.53 Å². The van der Waals surface area contributed by atoms with E-state index in [2.05, 4.69) is 12.2 Å². The number of carbonyl (C=O) groups is 1. The zero-order valence-electron chi connectivity index (χ0n) is 10.8. The van der Waals surface area contributed by atoms with E-state index in [9.17, 15) is 4.79 Å². The summed E-state index contributed by atoms with van der Waals surface area (Å²) in [6, 6.07) is 0. The Morgan fingerprint density at radius 2 is 1.94 bits per heavy atom. The molecule has 3 heteroatoms. The first-order valence-corrected chi connectivity index (χ1v) is 6.19. The van der Waals surface area contributed by atoms with Gasteiger partial charge in [0.15, 0.2) is 0 Å². The molecule has 0 atom stereocenters. The van der Waals surface area contributed by atoms with E-state index in [-0.39, 0.29) is 5.97 Å². The molecule has 0 bridgehead atoms. The van der Waals surface area contributed by atoms with Gasteiger partial charge in [0.05, 0.1) is 6.61 Å². The molecular weight excluding hydrogens is 202 g/mol. The normalized spacial score (nSPS) is 9.94. The molecule has 0 aromatic heterocycles. The third kappa shape index (κ3) is 11.2. The number of hydrogen-bond acceptors (Lipinski definition) is 3. The predicted octanol–water partition coefficient (Wildman–Crippen LogP) is 2.67. The number of nitrogens with one attached hydrogen (secondary N) is 1. The molecule has 0 unspecified atom stereocenters. The Bertz CT molecular complexity index is 208. The van der Waals surface area contributed by atoms with Crippen LogP contribution >= 0.6 is 0 Å². The monoisotopic (exact) mass is 227 g/mol. The van der Waals surface area contributed by atoms with E-state index in [1.165, 1.54) is 12.5 Å². The van der Waals surface area contributed by atoms with Crippen LogP contribution in [0.25, 0.3) is 0 Å². The lowest BCUT2D eigenvalue weighted by atomic mass is 10.2. The molecule has 0 saturated heterocycles. The Morgan fingerprint density at radius 1 is 1.19 bits per heavy atom. The zero-order valence-corrected chi connectivity index (χ0v) is 10.8. The van der Waals surface area contributed by atoms with Gasteiger partial charge in [-0.15, -0.1) is 0 Å². The lowest BCUT2D eigenvalue weighted by molar-refractivity contribution is -0.137. The van der Waals surface area contributed by atoms with Crippen LogP contribution in [0.1, 0.15) is 46.5 Å². The summed E-state index contributed by atoms with van der Waals surface area (Å²) in [4.78, 5) is 11.1. The first-order chi connectivity index (χ1) is 7.66. The second-order valence-electron chi connectivity index (χ2n) is 4.20. The zero-order chi connectivity index (χ0) is 12.2. The fourth-order valence-corrected chi connectivity index (χ4v) is 1.28. The third-order valence-corrected chi connectivity index (χ3v) is 2.08. The molecule has 0 aromatic rings. The van der Waals surface area contributed by atoms with Crippen molar-refractivity contribution in [2.45, 2.75) is 46.5 Å². The molecule has 94 valence electrons. The summed E-state index contributed by atoms with van der Waals surface area (Å²) >= 11 is 0. The van der Waals surface area contributed by atoms with Crippen molar-refractivity contribution in [2.24, 2.45) is 0 Å². The summed E-state index contributed by atoms with van der Waals surface area (Å²) in [6.07, 6.45) is 5.93. The van der Waals surface area contributed by atoms with E-state index in [1.54, 1.807) is 0 Å². The van der Waals surface area contributed by atoms with Crippen LogP contribution in [0.4, 0.5) is 0 Å². The minimum atomic E-state index is -0.218. The fourth-order valence-electron chi connectivity index (χ4n) is 1.28. The standard InChI is InChI=1S/C13H25NO2/c1-4-8-14-9-6-5-7-10-16-13(15)11-12(2)3/h11,14H,4-10H2,1-3H3. The molecule has 3 nitrogen and oxygen atoms in total. The number of esters is 1. The molecule has 0 spiro atoms. The summed E-state index contributed by atoms with van der Waals surface area (Å²) < 4.78 is 5.04. The Morgan fingerprint density at radius 3 is 2.56 bits per heavy atom. The van der Waals surface area contributed by atoms with Crippen molar-refractivity contribution in [3.8, 4) is 0 Å². The molecule has 0 rings (SSSR count). The van der Waals surface area contributed by atoms with Gasteiger partial charge in [0.1, 0.15) is 0 Å².